The van der Waals surface area contributed by atoms with Crippen molar-refractivity contribution in [2.24, 2.45) is 0 Å². The van der Waals surface area contributed by atoms with Gasteiger partial charge in [0.2, 0.25) is 0 Å². The lowest BCUT2D eigenvalue weighted by atomic mass is 10.4. The van der Waals surface area contributed by atoms with E-state index in [2.05, 4.69) is 19.1 Å². The van der Waals surface area contributed by atoms with Crippen LogP contribution >= 0.6 is 0 Å². The van der Waals surface area contributed by atoms with Gasteiger partial charge in [0.15, 0.2) is 0 Å². The van der Waals surface area contributed by atoms with Gasteiger partial charge in [-0.2, -0.15) is 0 Å². The Bertz CT molecular complexity index is 109. The number of hydrogen-bond donors (Lipinski definition) is 0. The van der Waals surface area contributed by atoms with Crippen LogP contribution in [0.3, 0.4) is 0 Å². The number of rotatable bonds is 7. The summed E-state index contributed by atoms with van der Waals surface area (Å²) >= 11 is 0. The minimum atomic E-state index is -1.35. The number of allylic oxidation sites excluding steroid dienone is 2. The van der Waals surface area contributed by atoms with Crippen LogP contribution in [0, 0.1) is 0 Å². The van der Waals surface area contributed by atoms with Gasteiger partial charge in [-0.1, -0.05) is 19.1 Å². The van der Waals surface area contributed by atoms with Crippen molar-refractivity contribution in [3.63, 3.8) is 0 Å². The first-order valence-electron chi connectivity index (χ1n) is 4.73. The second-order valence-corrected chi connectivity index (χ2v) is 4.45. The molecule has 0 spiro atoms. The second kappa shape index (κ2) is 8.97. The van der Waals surface area contributed by atoms with Gasteiger partial charge >= 0.3 is 9.28 Å². The summed E-state index contributed by atoms with van der Waals surface area (Å²) in [6, 6.07) is 0.996. The summed E-state index contributed by atoms with van der Waals surface area (Å²) in [6.45, 7) is 7.72. The fraction of sp³-hybridized carbons (Fsp3) is 0.778. The van der Waals surface area contributed by atoms with Crippen LogP contribution in [-0.2, 0) is 8.85 Å². The molecule has 0 amide bonds. The van der Waals surface area contributed by atoms with E-state index in [4.69, 9.17) is 8.85 Å². The van der Waals surface area contributed by atoms with Gasteiger partial charge in [-0.3, -0.25) is 0 Å². The van der Waals surface area contributed by atoms with Crippen LogP contribution in [0.25, 0.3) is 0 Å². The van der Waals surface area contributed by atoms with Gasteiger partial charge in [-0.05, 0) is 20.3 Å². The molecule has 0 aromatic heterocycles. The number of hydrogen-bond acceptors (Lipinski definition) is 2. The van der Waals surface area contributed by atoms with Gasteiger partial charge in [0.1, 0.15) is 0 Å². The molecule has 0 radical (unpaired) electrons. The SMILES string of the molecule is CCC=CC[SiH](OCC)OCC. The van der Waals surface area contributed by atoms with Gasteiger partial charge < -0.3 is 8.85 Å². The third-order valence-corrected chi connectivity index (χ3v) is 3.50. The van der Waals surface area contributed by atoms with Crippen molar-refractivity contribution in [2.75, 3.05) is 13.2 Å². The molecule has 0 aromatic carbocycles. The molecule has 0 N–H and O–H groups in total. The largest absolute Gasteiger partial charge is 0.397 e. The van der Waals surface area contributed by atoms with Crippen LogP contribution in [0.2, 0.25) is 6.04 Å². The average molecular weight is 188 g/mol. The third kappa shape index (κ3) is 6.58. The Morgan fingerprint density at radius 2 is 1.58 bits per heavy atom. The maximum absolute atomic E-state index is 5.49. The van der Waals surface area contributed by atoms with Crippen molar-refractivity contribution < 1.29 is 8.85 Å². The zero-order valence-corrected chi connectivity index (χ0v) is 9.53. The summed E-state index contributed by atoms with van der Waals surface area (Å²) in [5, 5.41) is 0. The van der Waals surface area contributed by atoms with E-state index in [0.717, 1.165) is 25.7 Å². The lowest BCUT2D eigenvalue weighted by Gasteiger charge is -2.12. The summed E-state index contributed by atoms with van der Waals surface area (Å²) in [5.41, 5.74) is 0. The highest BCUT2D eigenvalue weighted by atomic mass is 28.3. The van der Waals surface area contributed by atoms with Crippen molar-refractivity contribution in [2.45, 2.75) is 33.2 Å². The molecule has 0 saturated heterocycles. The standard InChI is InChI=1S/C9H20O2Si/c1-4-7-8-9-12(10-5-2)11-6-3/h7-8,12H,4-6,9H2,1-3H3. The highest BCUT2D eigenvalue weighted by molar-refractivity contribution is 6.44. The predicted molar refractivity (Wildman–Crippen MR) is 54.6 cm³/mol. The van der Waals surface area contributed by atoms with Gasteiger partial charge in [0.05, 0.1) is 0 Å². The Morgan fingerprint density at radius 1 is 1.00 bits per heavy atom. The van der Waals surface area contributed by atoms with Gasteiger partial charge in [-0.25, -0.2) is 0 Å². The van der Waals surface area contributed by atoms with Crippen LogP contribution < -0.4 is 0 Å². The molecule has 2 nitrogen and oxygen atoms in total. The first-order chi connectivity index (χ1) is 5.85. The van der Waals surface area contributed by atoms with E-state index in [-0.39, 0.29) is 0 Å². The maximum Gasteiger partial charge on any atom is 0.325 e. The van der Waals surface area contributed by atoms with Gasteiger partial charge in [0.25, 0.3) is 0 Å². The van der Waals surface area contributed by atoms with E-state index < -0.39 is 9.28 Å². The lowest BCUT2D eigenvalue weighted by molar-refractivity contribution is 0.216. The molecular weight excluding hydrogens is 168 g/mol. The summed E-state index contributed by atoms with van der Waals surface area (Å²) in [4.78, 5) is 0. The molecule has 0 aromatic rings. The van der Waals surface area contributed by atoms with Crippen molar-refractivity contribution in [1.82, 2.24) is 0 Å². The van der Waals surface area contributed by atoms with E-state index in [1.165, 1.54) is 0 Å². The van der Waals surface area contributed by atoms with Crippen LogP contribution in [0.1, 0.15) is 27.2 Å². The summed E-state index contributed by atoms with van der Waals surface area (Å²) in [6.07, 6.45) is 5.43. The lowest BCUT2D eigenvalue weighted by Crippen LogP contribution is -2.21. The summed E-state index contributed by atoms with van der Waals surface area (Å²) in [5.74, 6) is 0. The molecule has 3 heteroatoms. The Labute approximate surface area is 77.4 Å². The van der Waals surface area contributed by atoms with Crippen molar-refractivity contribution in [3.05, 3.63) is 12.2 Å². The molecule has 0 saturated carbocycles. The zero-order chi connectivity index (χ0) is 9.23. The van der Waals surface area contributed by atoms with Gasteiger partial charge in [0, 0.05) is 19.3 Å². The molecule has 12 heavy (non-hydrogen) atoms. The fourth-order valence-electron chi connectivity index (χ4n) is 0.930. The van der Waals surface area contributed by atoms with Crippen molar-refractivity contribution in [1.29, 1.82) is 0 Å². The highest BCUT2D eigenvalue weighted by Gasteiger charge is 2.08. The van der Waals surface area contributed by atoms with Crippen LogP contribution in [-0.4, -0.2) is 22.5 Å². The Balaban J connectivity index is 3.54. The molecule has 0 fully saturated rings. The average Bonchev–Trinajstić information content (AvgIpc) is 2.06. The molecule has 0 rings (SSSR count). The Hall–Kier alpha value is -0.123. The summed E-state index contributed by atoms with van der Waals surface area (Å²) < 4.78 is 11.0. The summed E-state index contributed by atoms with van der Waals surface area (Å²) in [7, 11) is -1.35. The van der Waals surface area contributed by atoms with E-state index in [1.54, 1.807) is 0 Å². The van der Waals surface area contributed by atoms with E-state index >= 15 is 0 Å². The second-order valence-electron chi connectivity index (χ2n) is 2.46. The molecular formula is C9H20O2Si. The van der Waals surface area contributed by atoms with E-state index in [1.807, 2.05) is 13.8 Å². The zero-order valence-electron chi connectivity index (χ0n) is 8.38. The topological polar surface area (TPSA) is 18.5 Å². The maximum atomic E-state index is 5.49. The molecule has 0 unspecified atom stereocenters. The van der Waals surface area contributed by atoms with Crippen molar-refractivity contribution >= 4 is 9.28 Å². The van der Waals surface area contributed by atoms with E-state index in [0.29, 0.717) is 0 Å². The van der Waals surface area contributed by atoms with Crippen LogP contribution in [0.5, 0.6) is 0 Å². The first kappa shape index (κ1) is 11.9. The molecule has 0 bridgehead atoms. The molecule has 0 aliphatic rings. The highest BCUT2D eigenvalue weighted by Crippen LogP contribution is 1.99. The Kier molecular flexibility index (Phi) is 8.88. The first-order valence-corrected chi connectivity index (χ1v) is 6.49. The smallest absolute Gasteiger partial charge is 0.325 e. The third-order valence-electron chi connectivity index (χ3n) is 1.44. The molecule has 0 aliphatic heterocycles. The Morgan fingerprint density at radius 3 is 2.00 bits per heavy atom. The monoisotopic (exact) mass is 188 g/mol. The normalized spacial score (nSPS) is 11.7. The van der Waals surface area contributed by atoms with Gasteiger partial charge in [-0.15, -0.1) is 0 Å². The molecule has 0 atom stereocenters. The molecule has 0 aliphatic carbocycles. The molecule has 72 valence electrons. The quantitative estimate of drug-likeness (QED) is 0.450. The molecule has 0 heterocycles. The van der Waals surface area contributed by atoms with E-state index in [9.17, 15) is 0 Å². The van der Waals surface area contributed by atoms with Crippen LogP contribution in [0.15, 0.2) is 12.2 Å². The fourth-order valence-corrected chi connectivity index (χ4v) is 2.46. The minimum absolute atomic E-state index is 0.775. The minimum Gasteiger partial charge on any atom is -0.397 e. The van der Waals surface area contributed by atoms with Crippen LogP contribution in [0.4, 0.5) is 0 Å². The van der Waals surface area contributed by atoms with Crippen molar-refractivity contribution in [3.8, 4) is 0 Å². The predicted octanol–water partition coefficient (Wildman–Crippen LogP) is 2.25.